The molecule has 0 saturated carbocycles. The van der Waals surface area contributed by atoms with Gasteiger partial charge >= 0.3 is 0 Å². The van der Waals surface area contributed by atoms with E-state index in [2.05, 4.69) is 11.8 Å². The monoisotopic (exact) mass is 361 g/mol. The molecule has 0 aliphatic carbocycles. The maximum absolute atomic E-state index is 13.1. The van der Waals surface area contributed by atoms with Gasteiger partial charge in [-0.2, -0.15) is 0 Å². The summed E-state index contributed by atoms with van der Waals surface area (Å²) in [5.41, 5.74) is 0.573. The molecule has 2 aromatic heterocycles. The van der Waals surface area contributed by atoms with Crippen molar-refractivity contribution in [1.82, 2.24) is 14.4 Å². The summed E-state index contributed by atoms with van der Waals surface area (Å²) < 4.78 is 2.59. The van der Waals surface area contributed by atoms with Crippen LogP contribution in [0.15, 0.2) is 17.1 Å². The summed E-state index contributed by atoms with van der Waals surface area (Å²) in [6.07, 6.45) is 4.23. The molecule has 0 aromatic carbocycles. The maximum Gasteiger partial charge on any atom is 0.260 e. The van der Waals surface area contributed by atoms with E-state index in [0.29, 0.717) is 17.5 Å². The predicted octanol–water partition coefficient (Wildman–Crippen LogP) is 2.95. The van der Waals surface area contributed by atoms with Crippen LogP contribution in [0.5, 0.6) is 0 Å². The van der Waals surface area contributed by atoms with Gasteiger partial charge in [0.15, 0.2) is 0 Å². The van der Waals surface area contributed by atoms with E-state index in [9.17, 15) is 9.59 Å². The highest BCUT2D eigenvalue weighted by molar-refractivity contribution is 7.19. The van der Waals surface area contributed by atoms with Gasteiger partial charge in [0.25, 0.3) is 11.5 Å². The molecular weight excluding hydrogens is 334 g/mol. The second kappa shape index (κ2) is 7.70. The number of rotatable bonds is 5. The summed E-state index contributed by atoms with van der Waals surface area (Å²) >= 11 is 1.54. The van der Waals surface area contributed by atoms with Gasteiger partial charge in [-0.1, -0.05) is 13.3 Å². The highest BCUT2D eigenvalue weighted by Crippen LogP contribution is 2.29. The average molecular weight is 362 g/mol. The van der Waals surface area contributed by atoms with Crippen molar-refractivity contribution in [3.8, 4) is 0 Å². The lowest BCUT2D eigenvalue weighted by molar-refractivity contribution is 0.0637. The molecule has 3 rings (SSSR count). The van der Waals surface area contributed by atoms with Crippen LogP contribution >= 0.6 is 11.3 Å². The Morgan fingerprint density at radius 3 is 2.56 bits per heavy atom. The molecular formula is C19H27N3O2S. The maximum atomic E-state index is 13.1. The fraction of sp³-hybridized carbons (Fsp3) is 0.579. The first-order valence-corrected chi connectivity index (χ1v) is 10.0. The Morgan fingerprint density at radius 2 is 1.92 bits per heavy atom. The normalized spacial score (nSPS) is 15.9. The predicted molar refractivity (Wildman–Crippen MR) is 104 cm³/mol. The van der Waals surface area contributed by atoms with Crippen molar-refractivity contribution in [3.63, 3.8) is 0 Å². The lowest BCUT2D eigenvalue weighted by Gasteiger charge is -2.34. The SMILES string of the molecule is CCCCN1CCN(C(=O)c2c(C)sc3ccn(CC)c(=O)c23)CC1. The van der Waals surface area contributed by atoms with Crippen molar-refractivity contribution >= 4 is 27.3 Å². The molecule has 0 spiro atoms. The van der Waals surface area contributed by atoms with Gasteiger partial charge < -0.3 is 9.47 Å². The Morgan fingerprint density at radius 1 is 1.20 bits per heavy atom. The number of hydrogen-bond donors (Lipinski definition) is 0. The zero-order chi connectivity index (χ0) is 18.0. The Hall–Kier alpha value is -1.66. The van der Waals surface area contributed by atoms with E-state index in [0.717, 1.165) is 42.3 Å². The van der Waals surface area contributed by atoms with Crippen LogP contribution in [0.2, 0.25) is 0 Å². The molecule has 1 fully saturated rings. The lowest BCUT2D eigenvalue weighted by atomic mass is 10.1. The first-order valence-electron chi connectivity index (χ1n) is 9.21. The highest BCUT2D eigenvalue weighted by Gasteiger charge is 2.27. The number of carbonyl (C=O) groups is 1. The Kier molecular flexibility index (Phi) is 5.59. The zero-order valence-electron chi connectivity index (χ0n) is 15.4. The number of fused-ring (bicyclic) bond motifs is 1. The minimum Gasteiger partial charge on any atom is -0.336 e. The van der Waals surface area contributed by atoms with Gasteiger partial charge in [-0.15, -0.1) is 11.3 Å². The lowest BCUT2D eigenvalue weighted by Crippen LogP contribution is -2.49. The van der Waals surface area contributed by atoms with Crippen LogP contribution < -0.4 is 5.56 Å². The smallest absolute Gasteiger partial charge is 0.260 e. The first-order chi connectivity index (χ1) is 12.1. The van der Waals surface area contributed by atoms with Gasteiger partial charge in [-0.05, 0) is 32.9 Å². The molecule has 1 amide bonds. The largest absolute Gasteiger partial charge is 0.336 e. The van der Waals surface area contributed by atoms with E-state index in [4.69, 9.17) is 0 Å². The Bertz CT molecular complexity index is 816. The number of unbranched alkanes of at least 4 members (excludes halogenated alkanes) is 1. The molecule has 6 heteroatoms. The molecule has 136 valence electrons. The van der Waals surface area contributed by atoms with Crippen LogP contribution in [0, 0.1) is 6.92 Å². The minimum atomic E-state index is -0.0470. The number of nitrogens with zero attached hydrogens (tertiary/aromatic N) is 3. The number of piperazine rings is 1. The third kappa shape index (κ3) is 3.51. The summed E-state index contributed by atoms with van der Waals surface area (Å²) in [7, 11) is 0. The second-order valence-electron chi connectivity index (χ2n) is 6.67. The first kappa shape index (κ1) is 18.1. The van der Waals surface area contributed by atoms with Crippen molar-refractivity contribution in [2.45, 2.75) is 40.2 Å². The van der Waals surface area contributed by atoms with Crippen LogP contribution in [0.1, 0.15) is 41.9 Å². The molecule has 0 atom stereocenters. The minimum absolute atomic E-state index is 0.0184. The quantitative estimate of drug-likeness (QED) is 0.822. The third-order valence-corrected chi connectivity index (χ3v) is 6.10. The summed E-state index contributed by atoms with van der Waals surface area (Å²) in [6, 6.07) is 1.96. The van der Waals surface area contributed by atoms with Crippen LogP contribution in [-0.2, 0) is 6.54 Å². The molecule has 5 nitrogen and oxygen atoms in total. The van der Waals surface area contributed by atoms with E-state index in [-0.39, 0.29) is 11.5 Å². The fourth-order valence-electron chi connectivity index (χ4n) is 3.49. The van der Waals surface area contributed by atoms with Crippen molar-refractivity contribution < 1.29 is 4.79 Å². The van der Waals surface area contributed by atoms with E-state index in [1.807, 2.05) is 31.0 Å². The molecule has 0 N–H and O–H groups in total. The molecule has 1 aliphatic heterocycles. The topological polar surface area (TPSA) is 45.5 Å². The average Bonchev–Trinajstić information content (AvgIpc) is 2.97. The molecule has 3 heterocycles. The summed E-state index contributed by atoms with van der Waals surface area (Å²) in [6.45, 7) is 11.2. The van der Waals surface area contributed by atoms with Crippen LogP contribution in [-0.4, -0.2) is 53.0 Å². The standard InChI is InChI=1S/C19H27N3O2S/c1-4-6-8-20-10-12-22(13-11-20)18(23)16-14(3)25-15-7-9-21(5-2)19(24)17(15)16/h7,9H,4-6,8,10-13H2,1-3H3. The number of pyridine rings is 1. The van der Waals surface area contributed by atoms with Crippen LogP contribution in [0.4, 0.5) is 0 Å². The van der Waals surface area contributed by atoms with Crippen molar-refractivity contribution in [2.75, 3.05) is 32.7 Å². The van der Waals surface area contributed by atoms with E-state index in [1.54, 1.807) is 15.9 Å². The Labute approximate surface area is 152 Å². The highest BCUT2D eigenvalue weighted by atomic mass is 32.1. The number of aryl methyl sites for hydroxylation is 2. The number of carbonyl (C=O) groups excluding carboxylic acids is 1. The zero-order valence-corrected chi connectivity index (χ0v) is 16.2. The second-order valence-corrected chi connectivity index (χ2v) is 7.92. The fourth-order valence-corrected chi connectivity index (χ4v) is 4.53. The van der Waals surface area contributed by atoms with Gasteiger partial charge in [-0.3, -0.25) is 14.5 Å². The summed E-state index contributed by atoms with van der Waals surface area (Å²) in [5.74, 6) is 0.0184. The molecule has 0 radical (unpaired) electrons. The van der Waals surface area contributed by atoms with E-state index < -0.39 is 0 Å². The van der Waals surface area contributed by atoms with E-state index in [1.165, 1.54) is 12.8 Å². The number of aromatic nitrogens is 1. The van der Waals surface area contributed by atoms with Gasteiger partial charge in [0, 0.05) is 48.5 Å². The van der Waals surface area contributed by atoms with Crippen molar-refractivity contribution in [2.24, 2.45) is 0 Å². The number of thiophene rings is 1. The number of hydrogen-bond acceptors (Lipinski definition) is 4. The Balaban J connectivity index is 1.86. The molecule has 0 bridgehead atoms. The van der Waals surface area contributed by atoms with Crippen LogP contribution in [0.25, 0.3) is 10.1 Å². The van der Waals surface area contributed by atoms with Crippen LogP contribution in [0.3, 0.4) is 0 Å². The molecule has 25 heavy (non-hydrogen) atoms. The van der Waals surface area contributed by atoms with Gasteiger partial charge in [-0.25, -0.2) is 0 Å². The summed E-state index contributed by atoms with van der Waals surface area (Å²) in [4.78, 5) is 31.2. The molecule has 1 saturated heterocycles. The summed E-state index contributed by atoms with van der Waals surface area (Å²) in [5, 5.41) is 0.602. The van der Waals surface area contributed by atoms with Gasteiger partial charge in [0.2, 0.25) is 0 Å². The number of amides is 1. The molecule has 2 aromatic rings. The van der Waals surface area contributed by atoms with Crippen molar-refractivity contribution in [3.05, 3.63) is 33.1 Å². The molecule has 1 aliphatic rings. The third-order valence-electron chi connectivity index (χ3n) is 5.03. The molecule has 0 unspecified atom stereocenters. The van der Waals surface area contributed by atoms with Gasteiger partial charge in [0.1, 0.15) is 0 Å². The van der Waals surface area contributed by atoms with Gasteiger partial charge in [0.05, 0.1) is 10.9 Å². The van der Waals surface area contributed by atoms with E-state index >= 15 is 0 Å². The van der Waals surface area contributed by atoms with Crippen molar-refractivity contribution in [1.29, 1.82) is 0 Å².